The van der Waals surface area contributed by atoms with Gasteiger partial charge >= 0.3 is 0 Å². The molecule has 0 saturated carbocycles. The van der Waals surface area contributed by atoms with Gasteiger partial charge in [-0.1, -0.05) is 68.3 Å². The van der Waals surface area contributed by atoms with Crippen LogP contribution < -0.4 is 0 Å². The average molecular weight is 432 g/mol. The molecule has 0 aliphatic carbocycles. The third-order valence-electron chi connectivity index (χ3n) is 3.25. The number of benzene rings is 2. The van der Waals surface area contributed by atoms with E-state index in [0.717, 1.165) is 21.8 Å². The smallest absolute Gasteiger partial charge is 0.207 e. The van der Waals surface area contributed by atoms with Crippen molar-refractivity contribution in [3.63, 3.8) is 0 Å². The first-order chi connectivity index (χ1) is 10.1. The minimum atomic E-state index is -3.49. The van der Waals surface area contributed by atoms with Gasteiger partial charge < -0.3 is 0 Å². The lowest BCUT2D eigenvalue weighted by Gasteiger charge is -2.13. The molecule has 21 heavy (non-hydrogen) atoms. The summed E-state index contributed by atoms with van der Waals surface area (Å²) in [7, 11) is -3.49. The molecule has 0 aliphatic heterocycles. The first-order valence-corrected chi connectivity index (χ1v) is 10.4. The van der Waals surface area contributed by atoms with Gasteiger partial charge in [0, 0.05) is 10.7 Å². The second kappa shape index (κ2) is 7.56. The standard InChI is InChI=1S/C16H16Br2O2S/c17-11-9-13-5-1-3-7-15(13)21(19,20)16-8-4-2-6-14(16)10-12-18/h1-8H,9-12H2. The van der Waals surface area contributed by atoms with Gasteiger partial charge in [-0.15, -0.1) is 0 Å². The van der Waals surface area contributed by atoms with Crippen molar-refractivity contribution in [2.24, 2.45) is 0 Å². The van der Waals surface area contributed by atoms with Crippen LogP contribution in [0.3, 0.4) is 0 Å². The molecule has 0 atom stereocenters. The van der Waals surface area contributed by atoms with Crippen LogP contribution in [-0.4, -0.2) is 19.1 Å². The van der Waals surface area contributed by atoms with E-state index in [0.29, 0.717) is 22.6 Å². The third kappa shape index (κ3) is 3.76. The summed E-state index contributed by atoms with van der Waals surface area (Å²) in [6.07, 6.45) is 1.38. The highest BCUT2D eigenvalue weighted by Crippen LogP contribution is 2.27. The van der Waals surface area contributed by atoms with Crippen LogP contribution in [-0.2, 0) is 22.7 Å². The second-order valence-electron chi connectivity index (χ2n) is 4.60. The van der Waals surface area contributed by atoms with Crippen molar-refractivity contribution in [1.82, 2.24) is 0 Å². The number of rotatable bonds is 6. The molecule has 0 aromatic heterocycles. The number of sulfone groups is 1. The Morgan fingerprint density at radius 1 is 0.714 bits per heavy atom. The van der Waals surface area contributed by atoms with E-state index in [-0.39, 0.29) is 0 Å². The Bertz CT molecular complexity index is 656. The summed E-state index contributed by atoms with van der Waals surface area (Å²) in [5.74, 6) is 0. The van der Waals surface area contributed by atoms with Gasteiger partial charge in [0.1, 0.15) is 0 Å². The molecular weight excluding hydrogens is 416 g/mol. The Morgan fingerprint density at radius 2 is 1.10 bits per heavy atom. The molecule has 0 unspecified atom stereocenters. The number of hydrogen-bond acceptors (Lipinski definition) is 2. The van der Waals surface area contributed by atoms with Gasteiger partial charge in [0.05, 0.1) is 9.79 Å². The maximum atomic E-state index is 13.0. The van der Waals surface area contributed by atoms with E-state index >= 15 is 0 Å². The fourth-order valence-electron chi connectivity index (χ4n) is 2.27. The zero-order chi connectivity index (χ0) is 15.3. The van der Waals surface area contributed by atoms with Gasteiger partial charge in [-0.2, -0.15) is 0 Å². The molecule has 112 valence electrons. The van der Waals surface area contributed by atoms with E-state index in [1.165, 1.54) is 0 Å². The number of alkyl halides is 2. The summed E-state index contributed by atoms with van der Waals surface area (Å²) in [6.45, 7) is 0. The number of hydrogen-bond donors (Lipinski definition) is 0. The number of halogens is 2. The summed E-state index contributed by atoms with van der Waals surface area (Å²) in [4.78, 5) is 0.818. The number of aryl methyl sites for hydroxylation is 2. The Hall–Kier alpha value is -0.650. The van der Waals surface area contributed by atoms with E-state index in [9.17, 15) is 8.42 Å². The lowest BCUT2D eigenvalue weighted by Crippen LogP contribution is -2.09. The fraction of sp³-hybridized carbons (Fsp3) is 0.250. The fourth-order valence-corrected chi connectivity index (χ4v) is 4.90. The summed E-state index contributed by atoms with van der Waals surface area (Å²) in [5, 5.41) is 1.48. The molecule has 0 amide bonds. The topological polar surface area (TPSA) is 34.1 Å². The molecule has 0 aliphatic rings. The van der Waals surface area contributed by atoms with Crippen LogP contribution in [0.1, 0.15) is 11.1 Å². The minimum absolute atomic E-state index is 0.409. The van der Waals surface area contributed by atoms with Crippen molar-refractivity contribution < 1.29 is 8.42 Å². The van der Waals surface area contributed by atoms with E-state index in [1.54, 1.807) is 24.3 Å². The molecule has 0 heterocycles. The van der Waals surface area contributed by atoms with Gasteiger partial charge in [-0.05, 0) is 36.1 Å². The lowest BCUT2D eigenvalue weighted by atomic mass is 10.2. The van der Waals surface area contributed by atoms with Crippen molar-refractivity contribution >= 4 is 41.7 Å². The maximum absolute atomic E-state index is 13.0. The minimum Gasteiger partial charge on any atom is -0.218 e. The van der Waals surface area contributed by atoms with Crippen LogP contribution in [0.25, 0.3) is 0 Å². The predicted octanol–water partition coefficient (Wildman–Crippen LogP) is 4.39. The Kier molecular flexibility index (Phi) is 6.02. The molecule has 2 aromatic rings. The SMILES string of the molecule is O=S(=O)(c1ccccc1CCBr)c1ccccc1CCBr. The van der Waals surface area contributed by atoms with E-state index in [1.807, 2.05) is 24.3 Å². The Morgan fingerprint density at radius 3 is 1.48 bits per heavy atom. The second-order valence-corrected chi connectivity index (χ2v) is 8.07. The molecular formula is C16H16Br2O2S. The van der Waals surface area contributed by atoms with Crippen LogP contribution in [0.4, 0.5) is 0 Å². The van der Waals surface area contributed by atoms with Crippen LogP contribution >= 0.6 is 31.9 Å². The molecule has 0 spiro atoms. The monoisotopic (exact) mass is 430 g/mol. The normalized spacial score (nSPS) is 11.5. The van der Waals surface area contributed by atoms with Gasteiger partial charge in [-0.25, -0.2) is 8.42 Å². The molecule has 0 N–H and O–H groups in total. The molecule has 2 rings (SSSR count). The van der Waals surface area contributed by atoms with Crippen molar-refractivity contribution in [3.8, 4) is 0 Å². The quantitative estimate of drug-likeness (QED) is 0.635. The first-order valence-electron chi connectivity index (χ1n) is 6.64. The molecule has 0 bridgehead atoms. The van der Waals surface area contributed by atoms with Crippen LogP contribution in [0.5, 0.6) is 0 Å². The highest BCUT2D eigenvalue weighted by Gasteiger charge is 2.23. The van der Waals surface area contributed by atoms with Crippen LogP contribution in [0.15, 0.2) is 58.3 Å². The first kappa shape index (κ1) is 16.7. The average Bonchev–Trinajstić information content (AvgIpc) is 2.49. The van der Waals surface area contributed by atoms with Crippen LogP contribution in [0.2, 0.25) is 0 Å². The zero-order valence-corrected chi connectivity index (χ0v) is 15.4. The van der Waals surface area contributed by atoms with Crippen molar-refractivity contribution in [2.45, 2.75) is 22.6 Å². The van der Waals surface area contributed by atoms with E-state index < -0.39 is 9.84 Å². The predicted molar refractivity (Wildman–Crippen MR) is 93.3 cm³/mol. The largest absolute Gasteiger partial charge is 0.218 e. The third-order valence-corrected chi connectivity index (χ3v) is 6.00. The Balaban J connectivity index is 2.58. The summed E-state index contributed by atoms with van der Waals surface area (Å²) >= 11 is 6.76. The van der Waals surface area contributed by atoms with E-state index in [4.69, 9.17) is 0 Å². The molecule has 0 radical (unpaired) electrons. The van der Waals surface area contributed by atoms with Gasteiger partial charge in [0.25, 0.3) is 0 Å². The molecule has 2 aromatic carbocycles. The highest BCUT2D eigenvalue weighted by atomic mass is 79.9. The Labute approximate surface area is 142 Å². The maximum Gasteiger partial charge on any atom is 0.207 e. The van der Waals surface area contributed by atoms with Crippen molar-refractivity contribution in [1.29, 1.82) is 0 Å². The van der Waals surface area contributed by atoms with Gasteiger partial charge in [0.2, 0.25) is 9.84 Å². The molecule has 0 saturated heterocycles. The van der Waals surface area contributed by atoms with Gasteiger partial charge in [0.15, 0.2) is 0 Å². The van der Waals surface area contributed by atoms with Crippen LogP contribution in [0, 0.1) is 0 Å². The van der Waals surface area contributed by atoms with Crippen molar-refractivity contribution in [2.75, 3.05) is 10.7 Å². The highest BCUT2D eigenvalue weighted by molar-refractivity contribution is 9.09. The summed E-state index contributed by atoms with van der Waals surface area (Å²) < 4.78 is 26.0. The van der Waals surface area contributed by atoms with E-state index in [2.05, 4.69) is 31.9 Å². The molecule has 2 nitrogen and oxygen atoms in total. The van der Waals surface area contributed by atoms with Gasteiger partial charge in [-0.3, -0.25) is 0 Å². The zero-order valence-electron chi connectivity index (χ0n) is 11.4. The molecule has 5 heteroatoms. The van der Waals surface area contributed by atoms with Crippen molar-refractivity contribution in [3.05, 3.63) is 59.7 Å². The molecule has 0 fully saturated rings. The summed E-state index contributed by atoms with van der Waals surface area (Å²) in [6, 6.07) is 14.4. The lowest BCUT2D eigenvalue weighted by molar-refractivity contribution is 0.594. The summed E-state index contributed by atoms with van der Waals surface area (Å²) in [5.41, 5.74) is 1.70.